The van der Waals surface area contributed by atoms with Crippen molar-refractivity contribution in [3.63, 3.8) is 0 Å². The van der Waals surface area contributed by atoms with Gasteiger partial charge in [0, 0.05) is 0 Å². The van der Waals surface area contributed by atoms with Gasteiger partial charge in [0.1, 0.15) is 5.60 Å². The molecule has 3 heteroatoms. The summed E-state index contributed by atoms with van der Waals surface area (Å²) < 4.78 is 0. The second-order valence-electron chi connectivity index (χ2n) is 2.68. The highest BCUT2D eigenvalue weighted by atomic mass is 16.5. The van der Waals surface area contributed by atoms with Gasteiger partial charge in [-0.3, -0.25) is 0 Å². The summed E-state index contributed by atoms with van der Waals surface area (Å²) in [7, 11) is 0. The van der Waals surface area contributed by atoms with E-state index >= 15 is 0 Å². The average molecular weight is 132 g/mol. The molecular formula is C6H12O3. The number of rotatable bonds is 1. The Kier molecular flexibility index (Phi) is 1.75. The molecule has 0 amide bonds. The maximum atomic E-state index is 9.27. The minimum Gasteiger partial charge on any atom is -0.385 e. The number of hydrogen-bond donors (Lipinski definition) is 3. The van der Waals surface area contributed by atoms with Crippen molar-refractivity contribution in [3.05, 3.63) is 0 Å². The van der Waals surface area contributed by atoms with Crippen LogP contribution in [-0.4, -0.2) is 27.2 Å². The Morgan fingerprint density at radius 3 is 1.78 bits per heavy atom. The summed E-state index contributed by atoms with van der Waals surface area (Å²) in [5.41, 5.74) is -1.19. The summed E-state index contributed by atoms with van der Waals surface area (Å²) in [6.07, 6.45) is 1.28. The summed E-state index contributed by atoms with van der Waals surface area (Å²) in [4.78, 5) is 0. The first-order chi connectivity index (χ1) is 4.15. The van der Waals surface area contributed by atoms with Crippen LogP contribution in [0.2, 0.25) is 0 Å². The van der Waals surface area contributed by atoms with Crippen LogP contribution in [0.1, 0.15) is 25.7 Å². The zero-order chi connectivity index (χ0) is 6.91. The molecule has 1 aliphatic rings. The summed E-state index contributed by atoms with van der Waals surface area (Å²) >= 11 is 0. The largest absolute Gasteiger partial charge is 0.385 e. The zero-order valence-corrected chi connectivity index (χ0v) is 5.25. The average Bonchev–Trinajstić information content (AvgIpc) is 2.16. The molecule has 1 rings (SSSR count). The fraction of sp³-hybridized carbons (Fsp3) is 1.00. The van der Waals surface area contributed by atoms with E-state index < -0.39 is 11.9 Å². The standard InChI is InChI=1S/C6H12O3/c7-5(8)6(9)3-1-2-4-6/h5,7-9H,1-4H2. The van der Waals surface area contributed by atoms with E-state index in [9.17, 15) is 5.11 Å². The van der Waals surface area contributed by atoms with Crippen LogP contribution in [0.15, 0.2) is 0 Å². The van der Waals surface area contributed by atoms with Crippen LogP contribution < -0.4 is 0 Å². The molecule has 1 aliphatic carbocycles. The van der Waals surface area contributed by atoms with Crippen LogP contribution in [0.4, 0.5) is 0 Å². The summed E-state index contributed by atoms with van der Waals surface area (Å²) in [6, 6.07) is 0. The first kappa shape index (κ1) is 6.99. The topological polar surface area (TPSA) is 60.7 Å². The lowest BCUT2D eigenvalue weighted by Crippen LogP contribution is -2.39. The van der Waals surface area contributed by atoms with Gasteiger partial charge in [-0.2, -0.15) is 0 Å². The van der Waals surface area contributed by atoms with E-state index in [0.717, 1.165) is 12.8 Å². The summed E-state index contributed by atoms with van der Waals surface area (Å²) in [5.74, 6) is 0. The minimum atomic E-state index is -1.56. The van der Waals surface area contributed by atoms with Crippen LogP contribution in [0, 0.1) is 0 Å². The highest BCUT2D eigenvalue weighted by Crippen LogP contribution is 2.31. The molecule has 3 N–H and O–H groups in total. The zero-order valence-electron chi connectivity index (χ0n) is 5.25. The molecule has 0 aromatic heterocycles. The highest BCUT2D eigenvalue weighted by molar-refractivity contribution is 4.85. The Morgan fingerprint density at radius 2 is 1.56 bits per heavy atom. The van der Waals surface area contributed by atoms with E-state index in [1.807, 2.05) is 0 Å². The molecular weight excluding hydrogens is 120 g/mol. The molecule has 0 unspecified atom stereocenters. The minimum absolute atomic E-state index is 0.519. The van der Waals surface area contributed by atoms with Gasteiger partial charge in [-0.25, -0.2) is 0 Å². The van der Waals surface area contributed by atoms with E-state index in [1.54, 1.807) is 0 Å². The van der Waals surface area contributed by atoms with Gasteiger partial charge in [-0.15, -0.1) is 0 Å². The normalized spacial score (nSPS) is 25.3. The monoisotopic (exact) mass is 132 g/mol. The van der Waals surface area contributed by atoms with Gasteiger partial charge in [0.05, 0.1) is 0 Å². The Morgan fingerprint density at radius 1 is 1.11 bits per heavy atom. The fourth-order valence-electron chi connectivity index (χ4n) is 1.25. The smallest absolute Gasteiger partial charge is 0.181 e. The molecule has 0 spiro atoms. The first-order valence-electron chi connectivity index (χ1n) is 3.24. The number of aliphatic hydroxyl groups is 3. The van der Waals surface area contributed by atoms with Crippen molar-refractivity contribution >= 4 is 0 Å². The predicted molar refractivity (Wildman–Crippen MR) is 31.6 cm³/mol. The molecule has 0 aromatic carbocycles. The quantitative estimate of drug-likeness (QED) is 0.425. The highest BCUT2D eigenvalue weighted by Gasteiger charge is 2.37. The molecule has 0 aliphatic heterocycles. The lowest BCUT2D eigenvalue weighted by molar-refractivity contribution is -0.180. The van der Waals surface area contributed by atoms with E-state index in [0.29, 0.717) is 12.8 Å². The van der Waals surface area contributed by atoms with Gasteiger partial charge in [0.25, 0.3) is 0 Å². The number of hydrogen-bond acceptors (Lipinski definition) is 3. The third kappa shape index (κ3) is 1.23. The van der Waals surface area contributed by atoms with Gasteiger partial charge in [-0.1, -0.05) is 12.8 Å². The molecule has 0 radical (unpaired) electrons. The van der Waals surface area contributed by atoms with Gasteiger partial charge in [-0.05, 0) is 12.8 Å². The molecule has 3 nitrogen and oxygen atoms in total. The SMILES string of the molecule is OC(O)C1(O)CCCC1. The van der Waals surface area contributed by atoms with E-state index in [1.165, 1.54) is 0 Å². The maximum Gasteiger partial charge on any atom is 0.181 e. The molecule has 0 atom stereocenters. The summed E-state index contributed by atoms with van der Waals surface area (Å²) in [6.45, 7) is 0. The Hall–Kier alpha value is -0.120. The van der Waals surface area contributed by atoms with Gasteiger partial charge in [0.15, 0.2) is 6.29 Å². The third-order valence-corrected chi connectivity index (χ3v) is 1.95. The van der Waals surface area contributed by atoms with Crippen LogP contribution in [0.5, 0.6) is 0 Å². The second kappa shape index (κ2) is 2.25. The van der Waals surface area contributed by atoms with Crippen LogP contribution in [0.3, 0.4) is 0 Å². The maximum absolute atomic E-state index is 9.27. The molecule has 1 fully saturated rings. The van der Waals surface area contributed by atoms with Crippen LogP contribution >= 0.6 is 0 Å². The number of aliphatic hydroxyl groups excluding tert-OH is 1. The third-order valence-electron chi connectivity index (χ3n) is 1.95. The Bertz CT molecular complexity index is 94.5. The van der Waals surface area contributed by atoms with Gasteiger partial charge in [0.2, 0.25) is 0 Å². The lowest BCUT2D eigenvalue weighted by atomic mass is 10.0. The molecule has 0 saturated heterocycles. The van der Waals surface area contributed by atoms with E-state index in [4.69, 9.17) is 10.2 Å². The van der Waals surface area contributed by atoms with Crippen LogP contribution in [-0.2, 0) is 0 Å². The molecule has 9 heavy (non-hydrogen) atoms. The second-order valence-corrected chi connectivity index (χ2v) is 2.68. The van der Waals surface area contributed by atoms with Crippen molar-refractivity contribution < 1.29 is 15.3 Å². The Balaban J connectivity index is 2.51. The van der Waals surface area contributed by atoms with Gasteiger partial charge < -0.3 is 15.3 Å². The molecule has 0 heterocycles. The van der Waals surface area contributed by atoms with E-state index in [2.05, 4.69) is 0 Å². The van der Waals surface area contributed by atoms with Crippen molar-refractivity contribution in [1.82, 2.24) is 0 Å². The van der Waals surface area contributed by atoms with Crippen molar-refractivity contribution in [2.45, 2.75) is 37.6 Å². The molecule has 54 valence electrons. The lowest BCUT2D eigenvalue weighted by Gasteiger charge is -2.23. The van der Waals surface area contributed by atoms with Gasteiger partial charge >= 0.3 is 0 Å². The fourth-order valence-corrected chi connectivity index (χ4v) is 1.25. The van der Waals surface area contributed by atoms with E-state index in [-0.39, 0.29) is 0 Å². The molecule has 1 saturated carbocycles. The first-order valence-corrected chi connectivity index (χ1v) is 3.24. The molecule has 0 aromatic rings. The van der Waals surface area contributed by atoms with Crippen molar-refractivity contribution in [3.8, 4) is 0 Å². The van der Waals surface area contributed by atoms with Crippen molar-refractivity contribution in [2.24, 2.45) is 0 Å². The van der Waals surface area contributed by atoms with Crippen LogP contribution in [0.25, 0.3) is 0 Å². The van der Waals surface area contributed by atoms with Crippen molar-refractivity contribution in [2.75, 3.05) is 0 Å². The Labute approximate surface area is 53.9 Å². The predicted octanol–water partition coefficient (Wildman–Crippen LogP) is -0.398. The van der Waals surface area contributed by atoms with Crippen molar-refractivity contribution in [1.29, 1.82) is 0 Å². The summed E-state index contributed by atoms with van der Waals surface area (Å²) in [5, 5.41) is 26.5. The molecule has 0 bridgehead atoms.